The van der Waals surface area contributed by atoms with Crippen molar-refractivity contribution in [3.8, 4) is 0 Å². The molecule has 2 aromatic rings. The number of anilines is 3. The van der Waals surface area contributed by atoms with Gasteiger partial charge in [0.25, 0.3) is 0 Å². The van der Waals surface area contributed by atoms with Crippen LogP contribution in [0, 0.1) is 6.92 Å². The van der Waals surface area contributed by atoms with Crippen LogP contribution in [-0.4, -0.2) is 47.5 Å². The van der Waals surface area contributed by atoms with Gasteiger partial charge < -0.3 is 15.1 Å². The van der Waals surface area contributed by atoms with Gasteiger partial charge in [0.1, 0.15) is 17.5 Å². The molecule has 0 radical (unpaired) electrons. The van der Waals surface area contributed by atoms with E-state index in [1.807, 2.05) is 4.90 Å². The number of amides is 1. The summed E-state index contributed by atoms with van der Waals surface area (Å²) >= 11 is 5.65. The van der Waals surface area contributed by atoms with Crippen LogP contribution < -0.4 is 10.2 Å². The summed E-state index contributed by atoms with van der Waals surface area (Å²) < 4.78 is 39.1. The fourth-order valence-corrected chi connectivity index (χ4v) is 3.03. The maximum absolute atomic E-state index is 13.0. The molecule has 1 aromatic heterocycles. The van der Waals surface area contributed by atoms with Gasteiger partial charge in [-0.3, -0.25) is 4.79 Å². The van der Waals surface area contributed by atoms with Crippen molar-refractivity contribution in [1.82, 2.24) is 14.9 Å². The molecule has 0 unspecified atom stereocenters. The molecular weight excluding hydrogens is 383 g/mol. The zero-order chi connectivity index (χ0) is 19.6. The van der Waals surface area contributed by atoms with Crippen molar-refractivity contribution in [2.45, 2.75) is 13.1 Å². The molecule has 1 aliphatic rings. The topological polar surface area (TPSA) is 61.4 Å². The summed E-state index contributed by atoms with van der Waals surface area (Å²) in [4.78, 5) is 23.1. The van der Waals surface area contributed by atoms with Crippen LogP contribution in [0.4, 0.5) is 30.5 Å². The molecule has 1 N–H and O–H groups in total. The van der Waals surface area contributed by atoms with E-state index in [0.29, 0.717) is 43.6 Å². The maximum atomic E-state index is 13.0. The van der Waals surface area contributed by atoms with Crippen LogP contribution in [-0.2, 0) is 11.0 Å². The van der Waals surface area contributed by atoms with Crippen molar-refractivity contribution in [3.05, 3.63) is 40.7 Å². The van der Waals surface area contributed by atoms with E-state index in [9.17, 15) is 18.0 Å². The summed E-state index contributed by atoms with van der Waals surface area (Å²) in [6.45, 7) is 4.11. The summed E-state index contributed by atoms with van der Waals surface area (Å²) in [5, 5.41) is 2.52. The number of halogens is 4. The van der Waals surface area contributed by atoms with E-state index >= 15 is 0 Å². The fraction of sp³-hybridized carbons (Fsp3) is 0.353. The Kier molecular flexibility index (Phi) is 5.41. The highest BCUT2D eigenvalue weighted by molar-refractivity contribution is 6.31. The Morgan fingerprint density at radius 2 is 1.85 bits per heavy atom. The lowest BCUT2D eigenvalue weighted by Gasteiger charge is -2.33. The lowest BCUT2D eigenvalue weighted by Crippen LogP contribution is -2.46. The highest BCUT2D eigenvalue weighted by atomic mass is 35.5. The van der Waals surface area contributed by atoms with Gasteiger partial charge in [-0.1, -0.05) is 11.6 Å². The largest absolute Gasteiger partial charge is 0.417 e. The van der Waals surface area contributed by atoms with E-state index in [1.165, 1.54) is 12.1 Å². The van der Waals surface area contributed by atoms with Crippen molar-refractivity contribution in [1.29, 1.82) is 0 Å². The molecule has 144 valence electrons. The Balaban J connectivity index is 1.82. The average molecular weight is 400 g/mol. The number of carbonyl (C=O) groups excluding carboxylic acids is 1. The van der Waals surface area contributed by atoms with E-state index in [-0.39, 0.29) is 10.7 Å². The molecule has 0 aliphatic carbocycles. The first-order valence-corrected chi connectivity index (χ1v) is 8.58. The second-order valence-electron chi connectivity index (χ2n) is 6.10. The molecule has 1 aliphatic heterocycles. The van der Waals surface area contributed by atoms with Crippen LogP contribution in [0.5, 0.6) is 0 Å². The molecular formula is C17H17ClF3N5O. The number of piperazine rings is 1. The van der Waals surface area contributed by atoms with Gasteiger partial charge in [-0.25, -0.2) is 9.97 Å². The SMILES string of the molecule is Cc1nc(Nc2ccc(Cl)c(C(F)(F)F)c2)cc(N2CCN(C=O)CC2)n1. The molecule has 0 atom stereocenters. The molecule has 1 fully saturated rings. The summed E-state index contributed by atoms with van der Waals surface area (Å²) in [6, 6.07) is 5.27. The normalized spacial score (nSPS) is 15.0. The lowest BCUT2D eigenvalue weighted by atomic mass is 10.2. The summed E-state index contributed by atoms with van der Waals surface area (Å²) in [6.07, 6.45) is -3.73. The van der Waals surface area contributed by atoms with Crippen molar-refractivity contribution >= 4 is 35.3 Å². The molecule has 27 heavy (non-hydrogen) atoms. The predicted octanol–water partition coefficient (Wildman–Crippen LogP) is 3.48. The molecule has 0 spiro atoms. The molecule has 1 aromatic carbocycles. The number of hydrogen-bond acceptors (Lipinski definition) is 5. The zero-order valence-corrected chi connectivity index (χ0v) is 15.2. The number of nitrogens with zero attached hydrogens (tertiary/aromatic N) is 4. The van der Waals surface area contributed by atoms with Crippen LogP contribution in [0.25, 0.3) is 0 Å². The minimum Gasteiger partial charge on any atom is -0.353 e. The van der Waals surface area contributed by atoms with Crippen LogP contribution in [0.15, 0.2) is 24.3 Å². The van der Waals surface area contributed by atoms with Crippen molar-refractivity contribution < 1.29 is 18.0 Å². The molecule has 2 heterocycles. The second-order valence-corrected chi connectivity index (χ2v) is 6.51. The Morgan fingerprint density at radius 1 is 1.15 bits per heavy atom. The molecule has 0 bridgehead atoms. The van der Waals surface area contributed by atoms with Crippen LogP contribution in [0.1, 0.15) is 11.4 Å². The Hall–Kier alpha value is -2.55. The van der Waals surface area contributed by atoms with Crippen LogP contribution >= 0.6 is 11.6 Å². The van der Waals surface area contributed by atoms with Crippen molar-refractivity contribution in [2.75, 3.05) is 36.4 Å². The minimum atomic E-state index is -4.54. The molecule has 3 rings (SSSR count). The van der Waals surface area contributed by atoms with Crippen molar-refractivity contribution in [3.63, 3.8) is 0 Å². The smallest absolute Gasteiger partial charge is 0.353 e. The summed E-state index contributed by atoms with van der Waals surface area (Å²) in [5.41, 5.74) is -0.688. The quantitative estimate of drug-likeness (QED) is 0.797. The number of alkyl halides is 3. The Bertz CT molecular complexity index is 838. The van der Waals surface area contributed by atoms with E-state index in [1.54, 1.807) is 17.9 Å². The van der Waals surface area contributed by atoms with Crippen LogP contribution in [0.2, 0.25) is 5.02 Å². The average Bonchev–Trinajstić information content (AvgIpc) is 2.62. The third-order valence-electron chi connectivity index (χ3n) is 4.16. The highest BCUT2D eigenvalue weighted by Crippen LogP contribution is 2.36. The molecule has 6 nitrogen and oxygen atoms in total. The van der Waals surface area contributed by atoms with Gasteiger partial charge in [0.05, 0.1) is 10.6 Å². The second kappa shape index (κ2) is 7.59. The molecule has 10 heteroatoms. The Morgan fingerprint density at radius 3 is 2.48 bits per heavy atom. The number of nitrogens with one attached hydrogen (secondary N) is 1. The van der Waals surface area contributed by atoms with Gasteiger partial charge in [0.2, 0.25) is 6.41 Å². The number of carbonyl (C=O) groups is 1. The van der Waals surface area contributed by atoms with Gasteiger partial charge in [0.15, 0.2) is 0 Å². The van der Waals surface area contributed by atoms with E-state index in [0.717, 1.165) is 12.5 Å². The Labute approximate surface area is 159 Å². The first-order valence-electron chi connectivity index (χ1n) is 8.20. The monoisotopic (exact) mass is 399 g/mol. The van der Waals surface area contributed by atoms with Gasteiger partial charge in [0, 0.05) is 37.9 Å². The number of hydrogen-bond donors (Lipinski definition) is 1. The number of aryl methyl sites for hydroxylation is 1. The van der Waals surface area contributed by atoms with Crippen molar-refractivity contribution in [2.24, 2.45) is 0 Å². The molecule has 0 saturated carbocycles. The first kappa shape index (κ1) is 19.2. The summed E-state index contributed by atoms with van der Waals surface area (Å²) in [7, 11) is 0. The van der Waals surface area contributed by atoms with Gasteiger partial charge >= 0.3 is 6.18 Å². The highest BCUT2D eigenvalue weighted by Gasteiger charge is 2.33. The third-order valence-corrected chi connectivity index (χ3v) is 4.49. The fourth-order valence-electron chi connectivity index (χ4n) is 2.80. The maximum Gasteiger partial charge on any atom is 0.417 e. The first-order chi connectivity index (χ1) is 12.8. The molecule has 1 saturated heterocycles. The van der Waals surface area contributed by atoms with E-state index in [2.05, 4.69) is 15.3 Å². The van der Waals surface area contributed by atoms with Crippen LogP contribution in [0.3, 0.4) is 0 Å². The van der Waals surface area contributed by atoms with E-state index < -0.39 is 11.7 Å². The third kappa shape index (κ3) is 4.60. The molecule has 1 amide bonds. The van der Waals surface area contributed by atoms with Gasteiger partial charge in [-0.05, 0) is 25.1 Å². The van der Waals surface area contributed by atoms with Gasteiger partial charge in [-0.2, -0.15) is 13.2 Å². The van der Waals surface area contributed by atoms with Gasteiger partial charge in [-0.15, -0.1) is 0 Å². The zero-order valence-electron chi connectivity index (χ0n) is 14.4. The lowest BCUT2D eigenvalue weighted by molar-refractivity contribution is -0.137. The minimum absolute atomic E-state index is 0.224. The van der Waals surface area contributed by atoms with E-state index in [4.69, 9.17) is 11.6 Å². The predicted molar refractivity (Wildman–Crippen MR) is 96.4 cm³/mol. The standard InChI is InChI=1S/C17H17ClF3N5O/c1-11-22-15(9-16(23-11)26-6-4-25(10-27)5-7-26)24-12-2-3-14(18)13(8-12)17(19,20)21/h2-3,8-10H,4-7H2,1H3,(H,22,23,24). The number of rotatable bonds is 4. The number of aromatic nitrogens is 2. The number of benzene rings is 1. The summed E-state index contributed by atoms with van der Waals surface area (Å²) in [5.74, 6) is 1.52.